The summed E-state index contributed by atoms with van der Waals surface area (Å²) in [5, 5.41) is 14.1. The summed E-state index contributed by atoms with van der Waals surface area (Å²) in [6.45, 7) is 0. The molecule has 1 aromatic rings. The maximum atomic E-state index is 13.1. The van der Waals surface area contributed by atoms with Crippen LogP contribution in [0.3, 0.4) is 0 Å². The third kappa shape index (κ3) is 3.02. The number of anilines is 1. The van der Waals surface area contributed by atoms with Gasteiger partial charge in [0.25, 0.3) is 0 Å². The first-order valence-electron chi connectivity index (χ1n) is 5.33. The number of carboxylic acids is 1. The van der Waals surface area contributed by atoms with E-state index in [1.165, 1.54) is 11.8 Å². The van der Waals surface area contributed by atoms with Crippen molar-refractivity contribution in [2.24, 2.45) is 0 Å². The molecular formula is C11H10F2N2O3S. The van der Waals surface area contributed by atoms with Gasteiger partial charge in [-0.1, -0.05) is 0 Å². The number of carbonyl (C=O) groups is 2. The number of thioether (sulfide) groups is 1. The largest absolute Gasteiger partial charge is 0.478 e. The molecule has 1 aromatic carbocycles. The molecule has 1 saturated heterocycles. The molecule has 1 aliphatic rings. The first-order chi connectivity index (χ1) is 8.99. The van der Waals surface area contributed by atoms with Gasteiger partial charge in [-0.15, -0.1) is 11.8 Å². The zero-order valence-electron chi connectivity index (χ0n) is 9.57. The average Bonchev–Trinajstić information content (AvgIpc) is 2.86. The highest BCUT2D eigenvalue weighted by molar-refractivity contribution is 7.99. The van der Waals surface area contributed by atoms with Crippen LogP contribution in [-0.2, 0) is 4.79 Å². The molecule has 0 aliphatic carbocycles. The molecule has 5 nitrogen and oxygen atoms in total. The highest BCUT2D eigenvalue weighted by Crippen LogP contribution is 2.21. The fourth-order valence-corrected chi connectivity index (χ4v) is 2.55. The van der Waals surface area contributed by atoms with Crippen LogP contribution >= 0.6 is 11.8 Å². The van der Waals surface area contributed by atoms with Gasteiger partial charge in [0.2, 0.25) is 5.91 Å². The Balaban J connectivity index is 2.25. The Labute approximate surface area is 111 Å². The molecule has 1 atom stereocenters. The second-order valence-electron chi connectivity index (χ2n) is 3.88. The van der Waals surface area contributed by atoms with Gasteiger partial charge in [0.05, 0.1) is 17.3 Å². The van der Waals surface area contributed by atoms with Gasteiger partial charge in [0.1, 0.15) is 0 Å². The van der Waals surface area contributed by atoms with E-state index >= 15 is 0 Å². The van der Waals surface area contributed by atoms with E-state index in [0.717, 1.165) is 0 Å². The number of benzene rings is 1. The number of hydrogen-bond acceptors (Lipinski definition) is 4. The topological polar surface area (TPSA) is 78.4 Å². The van der Waals surface area contributed by atoms with Crippen molar-refractivity contribution in [1.82, 2.24) is 5.32 Å². The molecule has 0 spiro atoms. The standard InChI is InChI=1S/C11H10F2N2O3S/c12-6-1-5(11(17)18)8(2-7(6)13)15-10(16)9-3-19-4-14-9/h1-2,9,14H,3-4H2,(H,15,16)(H,17,18). The van der Waals surface area contributed by atoms with Crippen molar-refractivity contribution in [3.8, 4) is 0 Å². The lowest BCUT2D eigenvalue weighted by atomic mass is 10.1. The van der Waals surface area contributed by atoms with Crippen molar-refractivity contribution in [3.05, 3.63) is 29.3 Å². The van der Waals surface area contributed by atoms with Gasteiger partial charge in [-0.2, -0.15) is 0 Å². The number of aromatic carboxylic acids is 1. The molecule has 1 heterocycles. The van der Waals surface area contributed by atoms with Gasteiger partial charge in [0, 0.05) is 17.7 Å². The molecule has 19 heavy (non-hydrogen) atoms. The molecule has 8 heteroatoms. The first-order valence-corrected chi connectivity index (χ1v) is 6.49. The van der Waals surface area contributed by atoms with Crippen LogP contribution in [0.4, 0.5) is 14.5 Å². The van der Waals surface area contributed by atoms with Crippen LogP contribution in [0.1, 0.15) is 10.4 Å². The Morgan fingerprint density at radius 1 is 1.37 bits per heavy atom. The lowest BCUT2D eigenvalue weighted by molar-refractivity contribution is -0.117. The predicted molar refractivity (Wildman–Crippen MR) is 66.2 cm³/mol. The summed E-state index contributed by atoms with van der Waals surface area (Å²) in [5.74, 6) is -3.25. The Kier molecular flexibility index (Phi) is 4.01. The van der Waals surface area contributed by atoms with Crippen molar-refractivity contribution in [2.75, 3.05) is 16.9 Å². The molecule has 0 bridgehead atoms. The highest BCUT2D eigenvalue weighted by Gasteiger charge is 2.24. The van der Waals surface area contributed by atoms with Gasteiger partial charge < -0.3 is 10.4 Å². The van der Waals surface area contributed by atoms with Gasteiger partial charge in [-0.05, 0) is 6.07 Å². The number of amides is 1. The Morgan fingerprint density at radius 3 is 2.63 bits per heavy atom. The summed E-state index contributed by atoms with van der Waals surface area (Å²) >= 11 is 1.51. The minimum atomic E-state index is -1.44. The Morgan fingerprint density at radius 2 is 2.05 bits per heavy atom. The summed E-state index contributed by atoms with van der Waals surface area (Å²) in [6, 6.07) is 0.739. The number of rotatable bonds is 3. The molecule has 102 valence electrons. The Hall–Kier alpha value is -1.67. The monoisotopic (exact) mass is 288 g/mol. The van der Waals surface area contributed by atoms with Crippen LogP contribution in [-0.4, -0.2) is 34.7 Å². The van der Waals surface area contributed by atoms with Crippen LogP contribution in [0, 0.1) is 11.6 Å². The maximum Gasteiger partial charge on any atom is 0.337 e. The molecule has 0 aromatic heterocycles. The van der Waals surface area contributed by atoms with Crippen LogP contribution in [0.2, 0.25) is 0 Å². The fourth-order valence-electron chi connectivity index (χ4n) is 1.61. The summed E-state index contributed by atoms with van der Waals surface area (Å²) in [4.78, 5) is 22.7. The summed E-state index contributed by atoms with van der Waals surface area (Å²) in [6.07, 6.45) is 0. The number of carbonyl (C=O) groups excluding carboxylic acids is 1. The number of hydrogen-bond donors (Lipinski definition) is 3. The normalized spacial score (nSPS) is 18.3. The zero-order chi connectivity index (χ0) is 14.0. The molecule has 1 unspecified atom stereocenters. The highest BCUT2D eigenvalue weighted by atomic mass is 32.2. The third-order valence-electron chi connectivity index (χ3n) is 2.58. The molecule has 2 rings (SSSR count). The predicted octanol–water partition coefficient (Wildman–Crippen LogP) is 1.26. The van der Waals surface area contributed by atoms with Gasteiger partial charge in [-0.25, -0.2) is 13.6 Å². The SMILES string of the molecule is O=C(O)c1cc(F)c(F)cc1NC(=O)C1CSCN1. The molecule has 1 amide bonds. The molecule has 0 radical (unpaired) electrons. The zero-order valence-corrected chi connectivity index (χ0v) is 10.4. The number of nitrogens with one attached hydrogen (secondary N) is 2. The van der Waals surface area contributed by atoms with Crippen molar-refractivity contribution < 1.29 is 23.5 Å². The molecule has 1 aliphatic heterocycles. The molecular weight excluding hydrogens is 278 g/mol. The number of carboxylic acid groups (broad SMARTS) is 1. The molecule has 1 fully saturated rings. The van der Waals surface area contributed by atoms with Crippen LogP contribution in [0.5, 0.6) is 0 Å². The first kappa shape index (κ1) is 13.8. The molecule has 3 N–H and O–H groups in total. The van der Waals surface area contributed by atoms with Crippen molar-refractivity contribution in [1.29, 1.82) is 0 Å². The van der Waals surface area contributed by atoms with E-state index in [0.29, 0.717) is 23.8 Å². The molecule has 0 saturated carbocycles. The van der Waals surface area contributed by atoms with E-state index in [2.05, 4.69) is 10.6 Å². The summed E-state index contributed by atoms with van der Waals surface area (Å²) < 4.78 is 26.1. The van der Waals surface area contributed by atoms with Crippen molar-refractivity contribution in [2.45, 2.75) is 6.04 Å². The van der Waals surface area contributed by atoms with E-state index in [-0.39, 0.29) is 5.69 Å². The third-order valence-corrected chi connectivity index (χ3v) is 3.52. The second-order valence-corrected chi connectivity index (χ2v) is 4.91. The number of halogens is 2. The lowest BCUT2D eigenvalue weighted by Gasteiger charge is -2.12. The van der Waals surface area contributed by atoms with Gasteiger partial charge in [-0.3, -0.25) is 10.1 Å². The van der Waals surface area contributed by atoms with Crippen LogP contribution in [0.25, 0.3) is 0 Å². The maximum absolute atomic E-state index is 13.1. The fraction of sp³-hybridized carbons (Fsp3) is 0.273. The summed E-state index contributed by atoms with van der Waals surface area (Å²) in [5.41, 5.74) is -0.743. The Bertz CT molecular complexity index is 533. The van der Waals surface area contributed by atoms with E-state index in [4.69, 9.17) is 5.11 Å². The second kappa shape index (κ2) is 5.54. The average molecular weight is 288 g/mol. The van der Waals surface area contributed by atoms with Crippen molar-refractivity contribution >= 4 is 29.3 Å². The van der Waals surface area contributed by atoms with E-state index < -0.39 is 35.1 Å². The minimum Gasteiger partial charge on any atom is -0.478 e. The minimum absolute atomic E-state index is 0.255. The summed E-state index contributed by atoms with van der Waals surface area (Å²) in [7, 11) is 0. The van der Waals surface area contributed by atoms with E-state index in [1.807, 2.05) is 0 Å². The van der Waals surface area contributed by atoms with Crippen LogP contribution < -0.4 is 10.6 Å². The van der Waals surface area contributed by atoms with Gasteiger partial charge >= 0.3 is 5.97 Å². The van der Waals surface area contributed by atoms with E-state index in [9.17, 15) is 18.4 Å². The van der Waals surface area contributed by atoms with Gasteiger partial charge in [0.15, 0.2) is 11.6 Å². The quantitative estimate of drug-likeness (QED) is 0.780. The smallest absolute Gasteiger partial charge is 0.337 e. The van der Waals surface area contributed by atoms with Crippen LogP contribution in [0.15, 0.2) is 12.1 Å². The van der Waals surface area contributed by atoms with Crippen molar-refractivity contribution in [3.63, 3.8) is 0 Å². The van der Waals surface area contributed by atoms with E-state index in [1.54, 1.807) is 0 Å². The lowest BCUT2D eigenvalue weighted by Crippen LogP contribution is -2.37.